The zero-order chi connectivity index (χ0) is 15.8. The lowest BCUT2D eigenvalue weighted by atomic mass is 9.47. The Balaban J connectivity index is 1.71. The van der Waals surface area contributed by atoms with E-state index in [1.165, 1.54) is 24.8 Å². The maximum atomic E-state index is 11.7. The van der Waals surface area contributed by atoms with Crippen LogP contribution >= 0.6 is 0 Å². The molecule has 4 aliphatic rings. The fraction of sp³-hybridized carbons (Fsp3) is 0.750. The minimum atomic E-state index is -0.502. The molecule has 0 bridgehead atoms. The topological polar surface area (TPSA) is 37.3 Å². The van der Waals surface area contributed by atoms with E-state index in [2.05, 4.69) is 26.8 Å². The molecule has 0 amide bonds. The van der Waals surface area contributed by atoms with E-state index >= 15 is 0 Å². The molecule has 0 aliphatic heterocycles. The Labute approximate surface area is 133 Å². The Morgan fingerprint density at radius 2 is 1.82 bits per heavy atom. The summed E-state index contributed by atoms with van der Waals surface area (Å²) in [6.45, 7) is 6.73. The average molecular weight is 300 g/mol. The van der Waals surface area contributed by atoms with Gasteiger partial charge in [-0.3, -0.25) is 4.79 Å². The summed E-state index contributed by atoms with van der Waals surface area (Å²) in [5.74, 6) is 2.15. The molecule has 3 fully saturated rings. The van der Waals surface area contributed by atoms with Gasteiger partial charge in [-0.2, -0.15) is 0 Å². The standard InChI is InChI=1S/C20H28O2/c1-18-9-6-14(21)12-13(18)4-5-15-16(18)7-10-19(2)17(15)8-11-20(19,3)22/h6,9,12,15-17,22H,4-5,7-8,10-11H2,1-3H3/t15?,16?,17?,18-,19-,20-/m0/s1. The minimum absolute atomic E-state index is 0.0760. The summed E-state index contributed by atoms with van der Waals surface area (Å²) in [6, 6.07) is 0. The number of hydrogen-bond donors (Lipinski definition) is 1. The van der Waals surface area contributed by atoms with E-state index in [-0.39, 0.29) is 16.6 Å². The van der Waals surface area contributed by atoms with Gasteiger partial charge in [0.05, 0.1) is 5.60 Å². The molecule has 4 aliphatic carbocycles. The van der Waals surface area contributed by atoms with Crippen LogP contribution in [-0.2, 0) is 4.79 Å². The molecule has 0 radical (unpaired) electrons. The lowest BCUT2D eigenvalue weighted by Crippen LogP contribution is -2.53. The molecular weight excluding hydrogens is 272 g/mol. The van der Waals surface area contributed by atoms with Crippen LogP contribution < -0.4 is 0 Å². The molecule has 4 rings (SSSR count). The first-order valence-corrected chi connectivity index (χ1v) is 8.95. The van der Waals surface area contributed by atoms with Crippen molar-refractivity contribution in [1.82, 2.24) is 0 Å². The smallest absolute Gasteiger partial charge is 0.178 e. The van der Waals surface area contributed by atoms with Crippen LogP contribution in [0.5, 0.6) is 0 Å². The third-order valence-corrected chi connectivity index (χ3v) is 8.12. The SMILES string of the molecule is C[C@]12C=CC(=O)C=C1CCC1C2CC[C@@]2(C)C1CC[C@]2(C)O. The predicted molar refractivity (Wildman–Crippen MR) is 87.2 cm³/mol. The average Bonchev–Trinajstić information content (AvgIpc) is 2.70. The second kappa shape index (κ2) is 4.35. The number of rotatable bonds is 0. The van der Waals surface area contributed by atoms with E-state index in [0.29, 0.717) is 17.8 Å². The van der Waals surface area contributed by atoms with Crippen LogP contribution in [0.25, 0.3) is 0 Å². The molecule has 2 nitrogen and oxygen atoms in total. The summed E-state index contributed by atoms with van der Waals surface area (Å²) >= 11 is 0. The van der Waals surface area contributed by atoms with Crippen LogP contribution in [0, 0.1) is 28.6 Å². The Morgan fingerprint density at radius 3 is 2.59 bits per heavy atom. The highest BCUT2D eigenvalue weighted by molar-refractivity contribution is 6.01. The van der Waals surface area contributed by atoms with Crippen molar-refractivity contribution in [3.05, 3.63) is 23.8 Å². The van der Waals surface area contributed by atoms with Crippen LogP contribution in [0.3, 0.4) is 0 Å². The molecule has 0 saturated heterocycles. The van der Waals surface area contributed by atoms with E-state index in [4.69, 9.17) is 0 Å². The molecule has 120 valence electrons. The van der Waals surface area contributed by atoms with E-state index in [1.807, 2.05) is 6.08 Å². The second-order valence-corrected chi connectivity index (χ2v) is 8.87. The normalized spacial score (nSPS) is 53.5. The molecule has 3 saturated carbocycles. The van der Waals surface area contributed by atoms with Gasteiger partial charge in [-0.1, -0.05) is 25.5 Å². The molecular formula is C20H28O2. The molecule has 3 unspecified atom stereocenters. The number of allylic oxidation sites excluding steroid dienone is 4. The molecule has 0 spiro atoms. The Morgan fingerprint density at radius 1 is 1.09 bits per heavy atom. The van der Waals surface area contributed by atoms with Crippen molar-refractivity contribution < 1.29 is 9.90 Å². The summed E-state index contributed by atoms with van der Waals surface area (Å²) in [5.41, 5.74) is 1.01. The van der Waals surface area contributed by atoms with Crippen molar-refractivity contribution in [1.29, 1.82) is 0 Å². The van der Waals surface area contributed by atoms with Crippen molar-refractivity contribution in [2.24, 2.45) is 28.6 Å². The number of hydrogen-bond acceptors (Lipinski definition) is 2. The van der Waals surface area contributed by atoms with Crippen LogP contribution in [0.15, 0.2) is 23.8 Å². The number of carbonyl (C=O) groups is 1. The van der Waals surface area contributed by atoms with E-state index in [9.17, 15) is 9.90 Å². The largest absolute Gasteiger partial charge is 0.390 e. The summed E-state index contributed by atoms with van der Waals surface area (Å²) in [6.07, 6.45) is 12.5. The van der Waals surface area contributed by atoms with Crippen molar-refractivity contribution >= 4 is 5.78 Å². The van der Waals surface area contributed by atoms with Crippen molar-refractivity contribution in [3.8, 4) is 0 Å². The molecule has 6 atom stereocenters. The summed E-state index contributed by atoms with van der Waals surface area (Å²) in [5, 5.41) is 10.9. The van der Waals surface area contributed by atoms with Gasteiger partial charge in [-0.25, -0.2) is 0 Å². The van der Waals surface area contributed by atoms with Gasteiger partial charge >= 0.3 is 0 Å². The van der Waals surface area contributed by atoms with Crippen LogP contribution in [-0.4, -0.2) is 16.5 Å². The maximum Gasteiger partial charge on any atom is 0.178 e. The summed E-state index contributed by atoms with van der Waals surface area (Å²) in [7, 11) is 0. The first kappa shape index (κ1) is 14.7. The minimum Gasteiger partial charge on any atom is -0.390 e. The summed E-state index contributed by atoms with van der Waals surface area (Å²) in [4.78, 5) is 11.7. The van der Waals surface area contributed by atoms with Gasteiger partial charge in [0.1, 0.15) is 0 Å². The summed E-state index contributed by atoms with van der Waals surface area (Å²) < 4.78 is 0. The quantitative estimate of drug-likeness (QED) is 0.733. The van der Waals surface area contributed by atoms with Crippen LogP contribution in [0.2, 0.25) is 0 Å². The molecule has 0 aromatic rings. The number of aliphatic hydroxyl groups is 1. The third-order valence-electron chi connectivity index (χ3n) is 8.12. The predicted octanol–water partition coefficient (Wildman–Crippen LogP) is 4.05. The molecule has 0 heterocycles. The third kappa shape index (κ3) is 1.68. The molecule has 22 heavy (non-hydrogen) atoms. The lowest BCUT2D eigenvalue weighted by molar-refractivity contribution is -0.114. The maximum absolute atomic E-state index is 11.7. The monoisotopic (exact) mass is 300 g/mol. The van der Waals surface area contributed by atoms with Gasteiger partial charge in [0.2, 0.25) is 0 Å². The van der Waals surface area contributed by atoms with Gasteiger partial charge in [0, 0.05) is 5.41 Å². The van der Waals surface area contributed by atoms with E-state index < -0.39 is 5.60 Å². The van der Waals surface area contributed by atoms with Crippen molar-refractivity contribution in [2.75, 3.05) is 0 Å². The number of ketones is 1. The van der Waals surface area contributed by atoms with Gasteiger partial charge in [-0.05, 0) is 80.8 Å². The highest BCUT2D eigenvalue weighted by atomic mass is 16.3. The Kier molecular flexibility index (Phi) is 2.90. The number of fused-ring (bicyclic) bond motifs is 5. The van der Waals surface area contributed by atoms with Crippen molar-refractivity contribution in [2.45, 2.75) is 64.9 Å². The Hall–Kier alpha value is -0.890. The zero-order valence-electron chi connectivity index (χ0n) is 14.1. The van der Waals surface area contributed by atoms with E-state index in [0.717, 1.165) is 19.3 Å². The second-order valence-electron chi connectivity index (χ2n) is 8.87. The van der Waals surface area contributed by atoms with Gasteiger partial charge in [0.25, 0.3) is 0 Å². The fourth-order valence-corrected chi connectivity index (χ4v) is 6.44. The molecule has 0 aromatic heterocycles. The molecule has 0 aromatic carbocycles. The van der Waals surface area contributed by atoms with Gasteiger partial charge < -0.3 is 5.11 Å². The molecule has 1 N–H and O–H groups in total. The van der Waals surface area contributed by atoms with Gasteiger partial charge in [0.15, 0.2) is 5.78 Å². The van der Waals surface area contributed by atoms with Crippen molar-refractivity contribution in [3.63, 3.8) is 0 Å². The first-order chi connectivity index (χ1) is 10.3. The van der Waals surface area contributed by atoms with Crippen LogP contribution in [0.4, 0.5) is 0 Å². The molecule has 2 heteroatoms. The highest BCUT2D eigenvalue weighted by Gasteiger charge is 2.61. The Bertz CT molecular complexity index is 585. The van der Waals surface area contributed by atoms with Crippen LogP contribution in [0.1, 0.15) is 59.3 Å². The highest BCUT2D eigenvalue weighted by Crippen LogP contribution is 2.66. The van der Waals surface area contributed by atoms with Gasteiger partial charge in [-0.15, -0.1) is 0 Å². The zero-order valence-corrected chi connectivity index (χ0v) is 14.1. The number of carbonyl (C=O) groups excluding carboxylic acids is 1. The van der Waals surface area contributed by atoms with E-state index in [1.54, 1.807) is 6.08 Å². The first-order valence-electron chi connectivity index (χ1n) is 8.95. The lowest BCUT2D eigenvalue weighted by Gasteiger charge is -2.57. The fourth-order valence-electron chi connectivity index (χ4n) is 6.44.